The van der Waals surface area contributed by atoms with Gasteiger partial charge in [-0.2, -0.15) is 4.31 Å². The Morgan fingerprint density at radius 2 is 1.71 bits per heavy atom. The number of aliphatic hydroxyl groups is 1. The second-order valence-corrected chi connectivity index (χ2v) is 12.0. The number of aliphatic hydroxyl groups excluding tert-OH is 1. The number of benzene rings is 3. The van der Waals surface area contributed by atoms with Crippen LogP contribution in [0.15, 0.2) is 65.6 Å². The molecule has 0 aliphatic carbocycles. The van der Waals surface area contributed by atoms with Gasteiger partial charge in [-0.25, -0.2) is 22.0 Å². The number of nitrogens with one attached hydrogen (secondary N) is 1. The number of sulfonamides is 1. The minimum atomic E-state index is -3.99. The van der Waals surface area contributed by atoms with Crippen LogP contribution in [-0.2, 0) is 16.4 Å². The second-order valence-electron chi connectivity index (χ2n) is 9.99. The average Bonchev–Trinajstić information content (AvgIpc) is 2.84. The summed E-state index contributed by atoms with van der Waals surface area (Å²) in [5, 5.41) is 22.8. The molecule has 0 amide bonds. The quantitative estimate of drug-likeness (QED) is 0.332. The molecule has 38 heavy (non-hydrogen) atoms. The summed E-state index contributed by atoms with van der Waals surface area (Å²) in [6.45, 7) is 5.44. The molecule has 3 rings (SSSR count). The molecule has 10 heteroatoms. The number of β-amino-alcohol motifs (C(OH)–C–C–N with tert-alkyl or cyclic N) is 1. The fraction of sp³-hybridized carbons (Fsp3) is 0.321. The zero-order chi connectivity index (χ0) is 28.3. The highest BCUT2D eigenvalue weighted by atomic mass is 32.2. The highest BCUT2D eigenvalue weighted by Crippen LogP contribution is 2.26. The van der Waals surface area contributed by atoms with E-state index in [9.17, 15) is 27.1 Å². The number of aryl methyl sites for hydroxylation is 1. The highest BCUT2D eigenvalue weighted by molar-refractivity contribution is 7.89. The Morgan fingerprint density at radius 3 is 2.34 bits per heavy atom. The van der Waals surface area contributed by atoms with E-state index in [4.69, 9.17) is 5.11 Å². The highest BCUT2D eigenvalue weighted by Gasteiger charge is 2.25. The van der Waals surface area contributed by atoms with Crippen molar-refractivity contribution in [1.29, 1.82) is 0 Å². The minimum Gasteiger partial charge on any atom is -0.478 e. The Labute approximate surface area is 221 Å². The van der Waals surface area contributed by atoms with Crippen LogP contribution in [0.4, 0.5) is 8.78 Å². The van der Waals surface area contributed by atoms with Crippen LogP contribution < -0.4 is 5.32 Å². The van der Waals surface area contributed by atoms with Crippen LogP contribution in [0.25, 0.3) is 11.1 Å². The molecule has 204 valence electrons. The summed E-state index contributed by atoms with van der Waals surface area (Å²) in [7, 11) is -2.64. The van der Waals surface area contributed by atoms with Crippen molar-refractivity contribution in [2.24, 2.45) is 0 Å². The number of carboxylic acid groups (broad SMARTS) is 1. The van der Waals surface area contributed by atoms with Gasteiger partial charge in [-0.15, -0.1) is 0 Å². The average molecular weight is 547 g/mol. The van der Waals surface area contributed by atoms with E-state index in [0.29, 0.717) is 23.1 Å². The summed E-state index contributed by atoms with van der Waals surface area (Å²) >= 11 is 0. The molecule has 1 atom stereocenters. The third-order valence-electron chi connectivity index (χ3n) is 6.24. The van der Waals surface area contributed by atoms with E-state index in [-0.39, 0.29) is 23.8 Å². The molecule has 0 spiro atoms. The molecule has 7 nitrogen and oxygen atoms in total. The van der Waals surface area contributed by atoms with E-state index in [2.05, 4.69) is 5.32 Å². The van der Waals surface area contributed by atoms with Gasteiger partial charge in [0.1, 0.15) is 11.6 Å². The number of hydrogen-bond acceptors (Lipinski definition) is 5. The van der Waals surface area contributed by atoms with E-state index in [1.807, 2.05) is 19.9 Å². The van der Waals surface area contributed by atoms with Crippen molar-refractivity contribution in [1.82, 2.24) is 9.62 Å². The molecular weight excluding hydrogens is 514 g/mol. The number of nitrogens with zero attached hydrogens (tertiary/aromatic N) is 1. The molecule has 3 aromatic carbocycles. The molecular formula is C28H32F2N2O5S. The van der Waals surface area contributed by atoms with E-state index < -0.39 is 39.0 Å². The maximum absolute atomic E-state index is 14.1. The Hall–Kier alpha value is -3.18. The standard InChI is InChI=1S/C28H32F2N2O5S/c1-18-8-9-19(12-25(18)29)15-28(2,3)31-16-22(33)17-32(4)38(36,37)23-7-5-6-20(13-23)21-10-11-24(27(34)35)26(30)14-21/h5-14,22,31,33H,15-17H2,1-4H3,(H,34,35). The molecule has 0 aromatic heterocycles. The second kappa shape index (κ2) is 11.7. The van der Waals surface area contributed by atoms with Gasteiger partial charge in [-0.3, -0.25) is 0 Å². The topological polar surface area (TPSA) is 107 Å². The number of likely N-dealkylation sites (N-methyl/N-ethyl adjacent to an activating group) is 1. The zero-order valence-electron chi connectivity index (χ0n) is 21.7. The minimum absolute atomic E-state index is 0.0536. The van der Waals surface area contributed by atoms with E-state index in [0.717, 1.165) is 22.0 Å². The van der Waals surface area contributed by atoms with Crippen molar-refractivity contribution in [2.75, 3.05) is 20.1 Å². The van der Waals surface area contributed by atoms with Gasteiger partial charge in [0.25, 0.3) is 0 Å². The van der Waals surface area contributed by atoms with Crippen LogP contribution in [0.5, 0.6) is 0 Å². The van der Waals surface area contributed by atoms with Gasteiger partial charge in [-0.1, -0.05) is 30.3 Å². The lowest BCUT2D eigenvalue weighted by Crippen LogP contribution is -2.47. The number of aromatic carboxylic acids is 1. The van der Waals surface area contributed by atoms with Crippen LogP contribution in [0.3, 0.4) is 0 Å². The van der Waals surface area contributed by atoms with Crippen molar-refractivity contribution < 1.29 is 32.2 Å². The van der Waals surface area contributed by atoms with Crippen LogP contribution in [0.1, 0.15) is 35.3 Å². The van der Waals surface area contributed by atoms with Crippen molar-refractivity contribution in [3.8, 4) is 11.1 Å². The fourth-order valence-corrected chi connectivity index (χ4v) is 5.31. The maximum Gasteiger partial charge on any atom is 0.338 e. The first-order chi connectivity index (χ1) is 17.7. The summed E-state index contributed by atoms with van der Waals surface area (Å²) in [6.07, 6.45) is -0.518. The summed E-state index contributed by atoms with van der Waals surface area (Å²) in [6, 6.07) is 14.5. The first-order valence-electron chi connectivity index (χ1n) is 12.0. The molecule has 0 fully saturated rings. The third-order valence-corrected chi connectivity index (χ3v) is 8.06. The van der Waals surface area contributed by atoms with Crippen LogP contribution in [0, 0.1) is 18.6 Å². The first-order valence-corrected chi connectivity index (χ1v) is 13.4. The van der Waals surface area contributed by atoms with Gasteiger partial charge in [0, 0.05) is 25.7 Å². The normalized spacial score (nSPS) is 13.1. The van der Waals surface area contributed by atoms with Gasteiger partial charge >= 0.3 is 5.97 Å². The largest absolute Gasteiger partial charge is 0.478 e. The molecule has 0 aliphatic rings. The summed E-state index contributed by atoms with van der Waals surface area (Å²) in [5.74, 6) is -2.60. The van der Waals surface area contributed by atoms with Gasteiger partial charge < -0.3 is 15.5 Å². The number of rotatable bonds is 11. The lowest BCUT2D eigenvalue weighted by molar-refractivity contribution is 0.0692. The number of hydrogen-bond donors (Lipinski definition) is 3. The summed E-state index contributed by atoms with van der Waals surface area (Å²) in [5.41, 5.74) is 1.12. The number of halogens is 2. The van der Waals surface area contributed by atoms with Gasteiger partial charge in [-0.05, 0) is 79.8 Å². The molecule has 0 saturated heterocycles. The van der Waals surface area contributed by atoms with E-state index >= 15 is 0 Å². The van der Waals surface area contributed by atoms with E-state index in [1.165, 1.54) is 37.4 Å². The van der Waals surface area contributed by atoms with Gasteiger partial charge in [0.2, 0.25) is 10.0 Å². The summed E-state index contributed by atoms with van der Waals surface area (Å²) < 4.78 is 55.4. The predicted octanol–water partition coefficient (Wildman–Crippen LogP) is 4.23. The van der Waals surface area contributed by atoms with Crippen molar-refractivity contribution in [3.63, 3.8) is 0 Å². The number of carboxylic acids is 1. The van der Waals surface area contributed by atoms with Crippen LogP contribution >= 0.6 is 0 Å². The number of carbonyl (C=O) groups is 1. The lowest BCUT2D eigenvalue weighted by atomic mass is 9.94. The van der Waals surface area contributed by atoms with Crippen molar-refractivity contribution in [2.45, 2.75) is 43.7 Å². The molecule has 0 bridgehead atoms. The smallest absolute Gasteiger partial charge is 0.338 e. The van der Waals surface area contributed by atoms with Gasteiger partial charge in [0.15, 0.2) is 0 Å². The monoisotopic (exact) mass is 546 g/mol. The Kier molecular flexibility index (Phi) is 9.04. The Bertz CT molecular complexity index is 1430. The fourth-order valence-electron chi connectivity index (χ4n) is 4.06. The Morgan fingerprint density at radius 1 is 1.03 bits per heavy atom. The van der Waals surface area contributed by atoms with Crippen LogP contribution in [-0.4, -0.2) is 60.7 Å². The maximum atomic E-state index is 14.1. The Balaban J connectivity index is 1.66. The van der Waals surface area contributed by atoms with Crippen molar-refractivity contribution >= 4 is 16.0 Å². The predicted molar refractivity (Wildman–Crippen MR) is 142 cm³/mol. The molecule has 0 radical (unpaired) electrons. The molecule has 3 aromatic rings. The molecule has 1 unspecified atom stereocenters. The van der Waals surface area contributed by atoms with Gasteiger partial charge in [0.05, 0.1) is 16.6 Å². The molecule has 0 heterocycles. The molecule has 3 N–H and O–H groups in total. The van der Waals surface area contributed by atoms with E-state index in [1.54, 1.807) is 19.1 Å². The SMILES string of the molecule is Cc1ccc(CC(C)(C)NCC(O)CN(C)S(=O)(=O)c2cccc(-c3ccc(C(=O)O)c(F)c3)c2)cc1F. The third kappa shape index (κ3) is 7.22. The molecule has 0 saturated carbocycles. The first kappa shape index (κ1) is 29.4. The zero-order valence-corrected chi connectivity index (χ0v) is 22.5. The molecule has 0 aliphatic heterocycles. The van der Waals surface area contributed by atoms with Crippen LogP contribution in [0.2, 0.25) is 0 Å². The summed E-state index contributed by atoms with van der Waals surface area (Å²) in [4.78, 5) is 11.0. The van der Waals surface area contributed by atoms with Crippen molar-refractivity contribution in [3.05, 3.63) is 89.0 Å². The lowest BCUT2D eigenvalue weighted by Gasteiger charge is -2.29.